The summed E-state index contributed by atoms with van der Waals surface area (Å²) in [5.74, 6) is -1.39. The molecule has 0 aliphatic carbocycles. The second-order valence-electron chi connectivity index (χ2n) is 17.3. The number of benzene rings is 6. The molecule has 2 aromatic heterocycles. The van der Waals surface area contributed by atoms with E-state index in [4.69, 9.17) is 10.1 Å². The van der Waals surface area contributed by atoms with Crippen molar-refractivity contribution in [1.82, 2.24) is 18.3 Å². The van der Waals surface area contributed by atoms with Crippen LogP contribution in [0.3, 0.4) is 0 Å². The lowest BCUT2D eigenvalue weighted by Gasteiger charge is -2.18. The maximum atomic E-state index is 13.6. The molecule has 0 unspecified atom stereocenters. The van der Waals surface area contributed by atoms with Gasteiger partial charge in [0.15, 0.2) is 0 Å². The van der Waals surface area contributed by atoms with Crippen molar-refractivity contribution in [3.8, 4) is 34.1 Å². The van der Waals surface area contributed by atoms with Gasteiger partial charge in [-0.05, 0) is 89.5 Å². The quantitative estimate of drug-likeness (QED) is 0.0339. The lowest BCUT2D eigenvalue weighted by Crippen LogP contribution is -2.39. The van der Waals surface area contributed by atoms with Crippen molar-refractivity contribution in [2.75, 3.05) is 13.2 Å². The summed E-state index contributed by atoms with van der Waals surface area (Å²) in [5, 5.41) is 26.7. The zero-order chi connectivity index (χ0) is 59.5. The number of fused-ring (bicyclic) bond motifs is 2. The van der Waals surface area contributed by atoms with Crippen LogP contribution in [0.1, 0.15) is 42.5 Å². The van der Waals surface area contributed by atoms with Gasteiger partial charge in [-0.25, -0.2) is 9.59 Å². The Labute approximate surface area is 461 Å². The van der Waals surface area contributed by atoms with Gasteiger partial charge in [0, 0.05) is 58.4 Å². The van der Waals surface area contributed by atoms with Crippen LogP contribution in [0.25, 0.3) is 32.9 Å². The number of hydrogen-bond acceptors (Lipinski definition) is 13. The van der Waals surface area contributed by atoms with E-state index in [2.05, 4.69) is 18.3 Å². The Kier molecular flexibility index (Phi) is 21.6. The summed E-state index contributed by atoms with van der Waals surface area (Å²) < 4.78 is 157. The molecule has 0 atom stereocenters. The van der Waals surface area contributed by atoms with Gasteiger partial charge in [0.1, 0.15) is 23.0 Å². The number of ether oxygens (including phenoxy) is 2. The van der Waals surface area contributed by atoms with E-state index in [-0.39, 0.29) is 81.0 Å². The van der Waals surface area contributed by atoms with Crippen molar-refractivity contribution in [2.24, 2.45) is 14.1 Å². The first kappa shape index (κ1) is 64.5. The SMILES string of the molecule is C.Cn1c(=O)n(CCCO)c(=O)c2c(Cc3ccccc3)c(-c3cccc(OC(F)(F)F)c3)ccc21.Cn1c(=O)n(CCCO)c(=O)c2c(Cc3ccccc3)c(OS(=O)(=O)C(F)(F)F)ccc21.O[B]Oc1cccc(OC(F)(F)F)c1. The molecule has 8 rings (SSSR count). The molecule has 82 heavy (non-hydrogen) atoms. The zero-order valence-electron chi connectivity index (χ0n) is 42.5. The highest BCUT2D eigenvalue weighted by atomic mass is 32.2. The van der Waals surface area contributed by atoms with Crippen LogP contribution in [0.2, 0.25) is 0 Å². The minimum Gasteiger partial charge on any atom is -0.537 e. The third-order valence-electron chi connectivity index (χ3n) is 11.8. The number of nitrogens with zero attached hydrogens (tertiary/aromatic N) is 4. The third-order valence-corrected chi connectivity index (χ3v) is 12.8. The van der Waals surface area contributed by atoms with Crippen molar-refractivity contribution in [2.45, 2.75) is 64.4 Å². The summed E-state index contributed by atoms with van der Waals surface area (Å²) in [7, 11) is -2.70. The van der Waals surface area contributed by atoms with Gasteiger partial charge in [-0.2, -0.15) is 21.6 Å². The Bertz CT molecular complexity index is 3860. The highest BCUT2D eigenvalue weighted by molar-refractivity contribution is 7.88. The molecule has 0 saturated heterocycles. The highest BCUT2D eigenvalue weighted by Crippen LogP contribution is 2.36. The number of rotatable bonds is 17. The van der Waals surface area contributed by atoms with E-state index in [0.29, 0.717) is 47.3 Å². The lowest BCUT2D eigenvalue weighted by molar-refractivity contribution is -0.275. The Hall–Kier alpha value is -8.34. The van der Waals surface area contributed by atoms with Gasteiger partial charge in [0.05, 0.1) is 21.8 Å². The van der Waals surface area contributed by atoms with Crippen LogP contribution in [0.5, 0.6) is 23.0 Å². The van der Waals surface area contributed by atoms with Gasteiger partial charge in [-0.3, -0.25) is 27.9 Å². The van der Waals surface area contributed by atoms with Gasteiger partial charge in [-0.15, -0.1) is 26.3 Å². The number of aliphatic hydroxyl groups excluding tert-OH is 2. The summed E-state index contributed by atoms with van der Waals surface area (Å²) >= 11 is 0. The summed E-state index contributed by atoms with van der Waals surface area (Å²) in [6.45, 7) is -0.565. The number of alkyl halides is 9. The Balaban J connectivity index is 0.000000243. The molecule has 0 amide bonds. The van der Waals surface area contributed by atoms with E-state index >= 15 is 0 Å². The fraction of sp³-hybridized carbons (Fsp3) is 0.259. The van der Waals surface area contributed by atoms with E-state index in [9.17, 15) is 72.2 Å². The fourth-order valence-corrected chi connectivity index (χ4v) is 8.78. The van der Waals surface area contributed by atoms with Crippen molar-refractivity contribution in [3.05, 3.63) is 197 Å². The summed E-state index contributed by atoms with van der Waals surface area (Å²) in [4.78, 5) is 52.2. The minimum atomic E-state index is -6.00. The lowest BCUT2D eigenvalue weighted by atomic mass is 9.91. The number of aryl methyl sites for hydroxylation is 2. The Morgan fingerprint density at radius 2 is 0.988 bits per heavy atom. The predicted octanol–water partition coefficient (Wildman–Crippen LogP) is 8.27. The van der Waals surface area contributed by atoms with E-state index in [0.717, 1.165) is 43.5 Å². The molecule has 1 radical (unpaired) electrons. The number of halogens is 9. The standard InChI is InChI=1S/C26H23F3N2O4.C20H19F3N2O6S.C7H5BF3O3.CH4/c1-30-22-12-11-20(18-9-5-10-19(16-18)35-26(27,28)29)21(15-17-7-3-2-4-8-17)23(22)24(33)31(25(30)34)13-6-14-32;1-24-15-8-9-16(31-32(29,30)20(21,22)23)14(12-13-6-3-2-4-7-13)17(15)18(27)25(19(24)28)10-5-11-26;9-7(10,11)13-5-2-1-3-6(4-5)14-8-12;/h2-5,7-12,16,32H,6,13-15H2,1H3;2-4,6-9,26H,5,10-12H2,1H3;1-4,12H;1H4. The first-order valence-electron chi connectivity index (χ1n) is 23.8. The molecule has 437 valence electrons. The maximum Gasteiger partial charge on any atom is 0.573 e. The molecule has 0 aliphatic rings. The molecule has 0 saturated carbocycles. The van der Waals surface area contributed by atoms with Gasteiger partial charge in [0.25, 0.3) is 11.1 Å². The van der Waals surface area contributed by atoms with Gasteiger partial charge in [-0.1, -0.05) is 92.4 Å². The van der Waals surface area contributed by atoms with Crippen LogP contribution < -0.4 is 40.8 Å². The number of aliphatic hydroxyl groups is 2. The van der Waals surface area contributed by atoms with Crippen LogP contribution in [0.4, 0.5) is 39.5 Å². The molecule has 3 N–H and O–H groups in total. The number of aromatic nitrogens is 4. The Morgan fingerprint density at radius 3 is 1.45 bits per heavy atom. The summed E-state index contributed by atoms with van der Waals surface area (Å²) in [5.41, 5.74) is -4.75. The van der Waals surface area contributed by atoms with Crippen LogP contribution in [0.15, 0.2) is 153 Å². The molecule has 28 heteroatoms. The van der Waals surface area contributed by atoms with Crippen LogP contribution in [-0.2, 0) is 50.1 Å². The maximum absolute atomic E-state index is 13.6. The topological polar surface area (TPSA) is 220 Å². The molecule has 0 spiro atoms. The van der Waals surface area contributed by atoms with Crippen molar-refractivity contribution in [3.63, 3.8) is 0 Å². The van der Waals surface area contributed by atoms with E-state index in [1.54, 1.807) is 55.6 Å². The minimum absolute atomic E-state index is 0. The van der Waals surface area contributed by atoms with Crippen LogP contribution in [0, 0.1) is 0 Å². The second kappa shape index (κ2) is 27.4. The first-order valence-corrected chi connectivity index (χ1v) is 25.2. The van der Waals surface area contributed by atoms with Crippen molar-refractivity contribution in [1.29, 1.82) is 0 Å². The van der Waals surface area contributed by atoms with Crippen molar-refractivity contribution < 1.29 is 81.5 Å². The largest absolute Gasteiger partial charge is 0.573 e. The molecule has 2 heterocycles. The summed E-state index contributed by atoms with van der Waals surface area (Å²) in [6.07, 6.45) is -9.08. The molecule has 6 aromatic carbocycles. The average Bonchev–Trinajstić information content (AvgIpc) is 3.60. The first-order chi connectivity index (χ1) is 38.2. The van der Waals surface area contributed by atoms with E-state index < -0.39 is 62.3 Å². The molecule has 0 bridgehead atoms. The average molecular weight is 1180 g/mol. The molecule has 8 aromatic rings. The molecule has 0 aliphatic heterocycles. The van der Waals surface area contributed by atoms with Gasteiger partial charge >= 0.3 is 47.4 Å². The smallest absolute Gasteiger partial charge is 0.537 e. The molecular weight excluding hydrogens is 1130 g/mol. The normalized spacial score (nSPS) is 11.6. The van der Waals surface area contributed by atoms with E-state index in [1.165, 1.54) is 41.9 Å². The summed E-state index contributed by atoms with van der Waals surface area (Å²) in [6, 6.07) is 33.5. The molecule has 17 nitrogen and oxygen atoms in total. The van der Waals surface area contributed by atoms with E-state index in [1.807, 2.05) is 30.3 Å². The molecule has 0 fully saturated rings. The monoisotopic (exact) mass is 1180 g/mol. The highest BCUT2D eigenvalue weighted by Gasteiger charge is 2.49. The second-order valence-corrected chi connectivity index (χ2v) is 18.8. The van der Waals surface area contributed by atoms with Crippen molar-refractivity contribution >= 4 is 39.6 Å². The third kappa shape index (κ3) is 16.2. The van der Waals surface area contributed by atoms with Crippen LogP contribution >= 0.6 is 0 Å². The van der Waals surface area contributed by atoms with Crippen LogP contribution in [-0.4, -0.2) is 81.1 Å². The zero-order valence-corrected chi connectivity index (χ0v) is 43.3. The number of hydrogen-bond donors (Lipinski definition) is 3. The van der Waals surface area contributed by atoms with Gasteiger partial charge in [0.2, 0.25) is 0 Å². The predicted molar refractivity (Wildman–Crippen MR) is 285 cm³/mol. The molecular formula is C54H51BF9N4O13S. The fourth-order valence-electron chi connectivity index (χ4n) is 8.29. The Morgan fingerprint density at radius 1 is 0.549 bits per heavy atom. The van der Waals surface area contributed by atoms with Gasteiger partial charge < -0.3 is 33.5 Å².